The Bertz CT molecular complexity index is 432. The van der Waals surface area contributed by atoms with Crippen molar-refractivity contribution in [2.45, 2.75) is 26.1 Å². The van der Waals surface area contributed by atoms with Gasteiger partial charge < -0.3 is 14.6 Å². The summed E-state index contributed by atoms with van der Waals surface area (Å²) in [6.45, 7) is 3.72. The molecule has 0 bridgehead atoms. The number of ether oxygens (including phenoxy) is 2. The molecule has 0 aliphatic heterocycles. The fraction of sp³-hybridized carbons (Fsp3) is 0.400. The smallest absolute Gasteiger partial charge is 0.337 e. The van der Waals surface area contributed by atoms with Crippen LogP contribution in [0.3, 0.4) is 0 Å². The third kappa shape index (κ3) is 4.85. The molecule has 0 saturated heterocycles. The number of carbonyl (C=O) groups excluding carboxylic acids is 1. The molecule has 0 aliphatic carbocycles. The molecule has 0 amide bonds. The summed E-state index contributed by atoms with van der Waals surface area (Å²) in [7, 11) is 1.34. The van der Waals surface area contributed by atoms with Gasteiger partial charge in [-0.15, -0.1) is 0 Å². The van der Waals surface area contributed by atoms with Gasteiger partial charge in [-0.3, -0.25) is 0 Å². The van der Waals surface area contributed by atoms with Crippen molar-refractivity contribution in [3.63, 3.8) is 0 Å². The Kier molecular flexibility index (Phi) is 5.73. The molecule has 1 N–H and O–H groups in total. The molecular formula is C15H20O4. The topological polar surface area (TPSA) is 55.8 Å². The number of aliphatic hydroxyl groups is 1. The molecule has 0 radical (unpaired) electrons. The monoisotopic (exact) mass is 264 g/mol. The fourth-order valence-corrected chi connectivity index (χ4v) is 1.48. The first-order valence-corrected chi connectivity index (χ1v) is 6.08. The largest absolute Gasteiger partial charge is 0.467 e. The molecule has 0 aliphatic rings. The van der Waals surface area contributed by atoms with E-state index in [0.717, 1.165) is 11.1 Å². The Morgan fingerprint density at radius 3 is 2.47 bits per heavy atom. The van der Waals surface area contributed by atoms with E-state index in [-0.39, 0.29) is 6.61 Å². The van der Waals surface area contributed by atoms with Crippen molar-refractivity contribution in [1.29, 1.82) is 0 Å². The summed E-state index contributed by atoms with van der Waals surface area (Å²) < 4.78 is 10.2. The Morgan fingerprint density at radius 1 is 1.32 bits per heavy atom. The first-order chi connectivity index (χ1) is 8.99. The Hall–Kier alpha value is -1.65. The molecule has 0 spiro atoms. The minimum Gasteiger partial charge on any atom is -0.467 e. The van der Waals surface area contributed by atoms with Crippen molar-refractivity contribution in [2.75, 3.05) is 13.7 Å². The molecule has 0 saturated carbocycles. The first kappa shape index (κ1) is 15.4. The van der Waals surface area contributed by atoms with Crippen LogP contribution in [0.5, 0.6) is 0 Å². The predicted octanol–water partition coefficient (Wildman–Crippen LogP) is 2.16. The van der Waals surface area contributed by atoms with Crippen LogP contribution < -0.4 is 0 Å². The minimum atomic E-state index is -0.954. The van der Waals surface area contributed by atoms with E-state index in [1.54, 1.807) is 19.9 Å². The zero-order chi connectivity index (χ0) is 14.3. The zero-order valence-electron chi connectivity index (χ0n) is 11.6. The van der Waals surface area contributed by atoms with Gasteiger partial charge in [0.2, 0.25) is 0 Å². The van der Waals surface area contributed by atoms with Crippen LogP contribution in [0.2, 0.25) is 0 Å². The van der Waals surface area contributed by atoms with Gasteiger partial charge in [-0.1, -0.05) is 36.4 Å². The highest BCUT2D eigenvalue weighted by atomic mass is 16.6. The molecule has 0 fully saturated rings. The number of carbonyl (C=O) groups is 1. The average molecular weight is 264 g/mol. The zero-order valence-corrected chi connectivity index (χ0v) is 11.6. The summed E-state index contributed by atoms with van der Waals surface area (Å²) in [6, 6.07) is 7.70. The Morgan fingerprint density at radius 2 is 1.95 bits per heavy atom. The van der Waals surface area contributed by atoms with Crippen LogP contribution in [0.1, 0.15) is 25.0 Å². The molecule has 19 heavy (non-hydrogen) atoms. The van der Waals surface area contributed by atoms with Crippen LogP contribution >= 0.6 is 0 Å². The lowest BCUT2D eigenvalue weighted by Crippen LogP contribution is -2.35. The number of hydrogen-bond acceptors (Lipinski definition) is 4. The maximum absolute atomic E-state index is 11.4. The highest BCUT2D eigenvalue weighted by molar-refractivity contribution is 5.78. The summed E-state index contributed by atoms with van der Waals surface area (Å²) in [4.78, 5) is 11.4. The van der Waals surface area contributed by atoms with Gasteiger partial charge in [0, 0.05) is 0 Å². The van der Waals surface area contributed by atoms with Crippen molar-refractivity contribution in [1.82, 2.24) is 0 Å². The second-order valence-electron chi connectivity index (χ2n) is 4.62. The molecule has 104 valence electrons. The quantitative estimate of drug-likeness (QED) is 0.800. The fourth-order valence-electron chi connectivity index (χ4n) is 1.48. The van der Waals surface area contributed by atoms with E-state index in [2.05, 4.69) is 4.74 Å². The Balaban J connectivity index is 2.59. The molecule has 0 heterocycles. The average Bonchev–Trinajstić information content (AvgIpc) is 2.43. The summed E-state index contributed by atoms with van der Waals surface area (Å²) >= 11 is 0. The van der Waals surface area contributed by atoms with Crippen LogP contribution in [-0.4, -0.2) is 30.4 Å². The molecule has 4 nitrogen and oxygen atoms in total. The van der Waals surface area contributed by atoms with Gasteiger partial charge in [-0.25, -0.2) is 4.79 Å². The van der Waals surface area contributed by atoms with Crippen LogP contribution in [-0.2, 0) is 20.9 Å². The number of hydrogen-bond donors (Lipinski definition) is 1. The van der Waals surface area contributed by atoms with E-state index in [1.165, 1.54) is 7.11 Å². The Labute approximate surface area is 113 Å². The van der Waals surface area contributed by atoms with Gasteiger partial charge in [-0.2, -0.15) is 0 Å². The SMILES string of the molecule is COC(=O)C(C)(C)OCc1ccc(/C=C\CO)cc1. The first-order valence-electron chi connectivity index (χ1n) is 6.08. The second-order valence-corrected chi connectivity index (χ2v) is 4.62. The van der Waals surface area contributed by atoms with E-state index in [9.17, 15) is 4.79 Å². The lowest BCUT2D eigenvalue weighted by molar-refractivity contribution is -0.166. The van der Waals surface area contributed by atoms with Crippen LogP contribution in [0.4, 0.5) is 0 Å². The van der Waals surface area contributed by atoms with E-state index in [0.29, 0.717) is 6.61 Å². The summed E-state index contributed by atoms with van der Waals surface area (Å²) in [5.74, 6) is -0.394. The van der Waals surface area contributed by atoms with E-state index in [1.807, 2.05) is 30.3 Å². The highest BCUT2D eigenvalue weighted by Crippen LogP contribution is 2.15. The third-order valence-electron chi connectivity index (χ3n) is 2.67. The van der Waals surface area contributed by atoms with E-state index < -0.39 is 11.6 Å². The van der Waals surface area contributed by atoms with Crippen LogP contribution in [0.25, 0.3) is 6.08 Å². The molecule has 0 aromatic heterocycles. The number of rotatable bonds is 6. The van der Waals surface area contributed by atoms with Gasteiger partial charge >= 0.3 is 5.97 Å². The molecule has 4 heteroatoms. The molecule has 1 aromatic carbocycles. The van der Waals surface area contributed by atoms with Gasteiger partial charge in [-0.05, 0) is 25.0 Å². The van der Waals surface area contributed by atoms with Crippen molar-refractivity contribution in [3.05, 3.63) is 41.5 Å². The summed E-state index contributed by atoms with van der Waals surface area (Å²) in [5, 5.41) is 8.68. The number of methoxy groups -OCH3 is 1. The van der Waals surface area contributed by atoms with Gasteiger partial charge in [0.1, 0.15) is 0 Å². The lowest BCUT2D eigenvalue weighted by Gasteiger charge is -2.22. The van der Waals surface area contributed by atoms with Crippen molar-refractivity contribution in [2.24, 2.45) is 0 Å². The van der Waals surface area contributed by atoms with E-state index in [4.69, 9.17) is 9.84 Å². The standard InChI is InChI=1S/C15H20O4/c1-15(2,14(17)18-3)19-11-13-8-6-12(7-9-13)5-4-10-16/h4-9,16H,10-11H2,1-3H3/b5-4-. The number of esters is 1. The van der Waals surface area contributed by atoms with Gasteiger partial charge in [0.05, 0.1) is 20.3 Å². The molecule has 1 rings (SSSR count). The minimum absolute atomic E-state index is 0.0260. The molecular weight excluding hydrogens is 244 g/mol. The van der Waals surface area contributed by atoms with Gasteiger partial charge in [0.15, 0.2) is 5.60 Å². The third-order valence-corrected chi connectivity index (χ3v) is 2.67. The second kappa shape index (κ2) is 7.07. The maximum Gasteiger partial charge on any atom is 0.337 e. The number of aliphatic hydroxyl groups excluding tert-OH is 1. The summed E-state index contributed by atoms with van der Waals surface area (Å²) in [5.41, 5.74) is 1.02. The highest BCUT2D eigenvalue weighted by Gasteiger charge is 2.29. The molecule has 0 unspecified atom stereocenters. The maximum atomic E-state index is 11.4. The van der Waals surface area contributed by atoms with Crippen molar-refractivity contribution < 1.29 is 19.4 Å². The normalized spacial score (nSPS) is 11.8. The van der Waals surface area contributed by atoms with Crippen molar-refractivity contribution >= 4 is 12.0 Å². The molecule has 1 aromatic rings. The molecule has 0 atom stereocenters. The predicted molar refractivity (Wildman–Crippen MR) is 73.4 cm³/mol. The summed E-state index contributed by atoms with van der Waals surface area (Å²) in [6.07, 6.45) is 3.51. The lowest BCUT2D eigenvalue weighted by atomic mass is 10.1. The van der Waals surface area contributed by atoms with E-state index >= 15 is 0 Å². The van der Waals surface area contributed by atoms with Crippen molar-refractivity contribution in [3.8, 4) is 0 Å². The van der Waals surface area contributed by atoms with Gasteiger partial charge in [0.25, 0.3) is 0 Å². The van der Waals surface area contributed by atoms with Crippen LogP contribution in [0, 0.1) is 0 Å². The number of benzene rings is 1. The van der Waals surface area contributed by atoms with Crippen LogP contribution in [0.15, 0.2) is 30.3 Å².